The molecule has 1 saturated carbocycles. The summed E-state index contributed by atoms with van der Waals surface area (Å²) in [6.45, 7) is 9.74. The number of aromatic nitrogens is 2. The molecule has 1 aliphatic carbocycles. The summed E-state index contributed by atoms with van der Waals surface area (Å²) in [5, 5.41) is 12.9. The minimum atomic E-state index is 0.0467. The highest BCUT2D eigenvalue weighted by Crippen LogP contribution is 2.44. The van der Waals surface area contributed by atoms with Crippen molar-refractivity contribution in [2.45, 2.75) is 77.3 Å². The van der Waals surface area contributed by atoms with Gasteiger partial charge in [-0.3, -0.25) is 15.1 Å². The molecule has 2 aliphatic heterocycles. The van der Waals surface area contributed by atoms with Crippen molar-refractivity contribution in [1.82, 2.24) is 31.0 Å². The van der Waals surface area contributed by atoms with Gasteiger partial charge in [0.15, 0.2) is 0 Å². The van der Waals surface area contributed by atoms with Crippen LogP contribution < -0.4 is 16.2 Å². The van der Waals surface area contributed by atoms with Gasteiger partial charge in [-0.05, 0) is 79.2 Å². The van der Waals surface area contributed by atoms with Crippen LogP contribution in [0.25, 0.3) is 5.57 Å². The lowest BCUT2D eigenvalue weighted by molar-refractivity contribution is -0.123. The number of benzene rings is 1. The molecule has 206 valence electrons. The molecule has 3 aliphatic rings. The smallest absolute Gasteiger partial charge is 0.222 e. The van der Waals surface area contributed by atoms with Crippen molar-refractivity contribution < 1.29 is 9.90 Å². The number of hydrazine groups is 1. The Bertz CT molecular complexity index is 1140. The number of nitrogens with one attached hydrogen (secondary N) is 4. The monoisotopic (exact) mass is 520 g/mol. The molecule has 4 unspecified atom stereocenters. The van der Waals surface area contributed by atoms with Gasteiger partial charge in [0.25, 0.3) is 0 Å². The standard InChI is InChI=1S/C30H44N6O2/c1-4-20-16-23(37)7-9-24(20)22-6-8-25-26(17-22)34-35-28(25)29-32-18-27(33-29)21-10-14-36(15-11-21)13-5-12-31-30(38)19(2)3/h7,9-10,16,18-19,22,25-26,28,34-35,37H,4-6,8,11-15,17H2,1-3H3,(H,31,38)(H,32,33). The number of phenols is 1. The maximum atomic E-state index is 11.7. The second kappa shape index (κ2) is 12.0. The summed E-state index contributed by atoms with van der Waals surface area (Å²) in [6.07, 6.45) is 10.7. The van der Waals surface area contributed by atoms with E-state index in [-0.39, 0.29) is 17.9 Å². The highest BCUT2D eigenvalue weighted by atomic mass is 16.3. The van der Waals surface area contributed by atoms with Crippen LogP contribution >= 0.6 is 0 Å². The first-order valence-electron chi connectivity index (χ1n) is 14.5. The van der Waals surface area contributed by atoms with Crippen molar-refractivity contribution in [3.63, 3.8) is 0 Å². The number of phenolic OH excluding ortho intramolecular Hbond substituents is 1. The van der Waals surface area contributed by atoms with E-state index in [0.29, 0.717) is 23.6 Å². The van der Waals surface area contributed by atoms with Crippen LogP contribution in [-0.4, -0.2) is 58.1 Å². The molecule has 0 bridgehead atoms. The lowest BCUT2D eigenvalue weighted by Crippen LogP contribution is -2.35. The lowest BCUT2D eigenvalue weighted by atomic mass is 9.73. The molecule has 4 atom stereocenters. The largest absolute Gasteiger partial charge is 0.508 e. The molecule has 1 amide bonds. The van der Waals surface area contributed by atoms with Crippen LogP contribution in [0.15, 0.2) is 30.5 Å². The third kappa shape index (κ3) is 5.98. The van der Waals surface area contributed by atoms with E-state index < -0.39 is 0 Å². The van der Waals surface area contributed by atoms with Gasteiger partial charge in [0.1, 0.15) is 11.6 Å². The average Bonchev–Trinajstić information content (AvgIpc) is 3.58. The van der Waals surface area contributed by atoms with Crippen LogP contribution in [0.1, 0.15) is 87.5 Å². The summed E-state index contributed by atoms with van der Waals surface area (Å²) in [5.41, 5.74) is 12.3. The van der Waals surface area contributed by atoms with Gasteiger partial charge in [0, 0.05) is 38.1 Å². The molecule has 3 heterocycles. The quantitative estimate of drug-likeness (QED) is 0.320. The topological polar surface area (TPSA) is 105 Å². The Morgan fingerprint density at radius 1 is 1.26 bits per heavy atom. The number of carbonyl (C=O) groups is 1. The summed E-state index contributed by atoms with van der Waals surface area (Å²) < 4.78 is 0. The number of aromatic amines is 1. The van der Waals surface area contributed by atoms with Gasteiger partial charge in [-0.15, -0.1) is 0 Å². The zero-order valence-corrected chi connectivity index (χ0v) is 23.1. The molecular formula is C30H44N6O2. The minimum absolute atomic E-state index is 0.0467. The van der Waals surface area contributed by atoms with E-state index in [1.807, 2.05) is 32.2 Å². The van der Waals surface area contributed by atoms with E-state index in [1.165, 1.54) is 16.7 Å². The van der Waals surface area contributed by atoms with Gasteiger partial charge in [-0.1, -0.05) is 32.9 Å². The van der Waals surface area contributed by atoms with Crippen LogP contribution in [0.2, 0.25) is 0 Å². The molecule has 1 aromatic carbocycles. The van der Waals surface area contributed by atoms with Gasteiger partial charge < -0.3 is 15.4 Å². The van der Waals surface area contributed by atoms with Gasteiger partial charge in [-0.2, -0.15) is 0 Å². The zero-order valence-electron chi connectivity index (χ0n) is 23.1. The summed E-state index contributed by atoms with van der Waals surface area (Å²) in [4.78, 5) is 22.6. The van der Waals surface area contributed by atoms with E-state index in [4.69, 9.17) is 4.98 Å². The molecule has 1 aromatic heterocycles. The molecule has 2 fully saturated rings. The molecule has 2 aromatic rings. The SMILES string of the molecule is CCc1cc(O)ccc1C1CCC2C(C1)NNC2c1ncc(C2=CCN(CCCNC(=O)C(C)C)CC2)[nH]1. The number of aryl methyl sites for hydroxylation is 1. The molecule has 8 nitrogen and oxygen atoms in total. The fourth-order valence-electron chi connectivity index (χ4n) is 6.45. The van der Waals surface area contributed by atoms with E-state index in [0.717, 1.165) is 76.2 Å². The average molecular weight is 521 g/mol. The number of H-pyrrole nitrogens is 1. The third-order valence-corrected chi connectivity index (χ3v) is 8.71. The van der Waals surface area contributed by atoms with Crippen molar-refractivity contribution in [3.05, 3.63) is 53.1 Å². The van der Waals surface area contributed by atoms with Gasteiger partial charge in [-0.25, -0.2) is 10.4 Å². The van der Waals surface area contributed by atoms with Crippen LogP contribution in [-0.2, 0) is 11.2 Å². The van der Waals surface area contributed by atoms with E-state index in [9.17, 15) is 9.90 Å². The maximum absolute atomic E-state index is 11.7. The minimum Gasteiger partial charge on any atom is -0.508 e. The number of aromatic hydroxyl groups is 1. The molecule has 5 rings (SSSR count). The Morgan fingerprint density at radius 3 is 2.89 bits per heavy atom. The number of fused-ring (bicyclic) bond motifs is 1. The molecule has 0 radical (unpaired) electrons. The first-order valence-corrected chi connectivity index (χ1v) is 14.5. The van der Waals surface area contributed by atoms with Crippen molar-refractivity contribution >= 4 is 11.5 Å². The number of imidazole rings is 1. The molecule has 8 heteroatoms. The first-order chi connectivity index (χ1) is 18.4. The summed E-state index contributed by atoms with van der Waals surface area (Å²) in [6, 6.07) is 6.50. The Hall–Kier alpha value is -2.68. The van der Waals surface area contributed by atoms with E-state index in [2.05, 4.69) is 45.1 Å². The van der Waals surface area contributed by atoms with Gasteiger partial charge >= 0.3 is 0 Å². The number of nitrogens with zero attached hydrogens (tertiary/aromatic N) is 2. The van der Waals surface area contributed by atoms with Gasteiger partial charge in [0.05, 0.1) is 17.9 Å². The fourth-order valence-corrected chi connectivity index (χ4v) is 6.45. The molecular weight excluding hydrogens is 476 g/mol. The van der Waals surface area contributed by atoms with Crippen molar-refractivity contribution in [2.24, 2.45) is 11.8 Å². The summed E-state index contributed by atoms with van der Waals surface area (Å²) in [7, 11) is 0. The molecule has 1 saturated heterocycles. The highest BCUT2D eigenvalue weighted by Gasteiger charge is 2.42. The van der Waals surface area contributed by atoms with E-state index >= 15 is 0 Å². The number of rotatable bonds is 9. The van der Waals surface area contributed by atoms with Gasteiger partial charge in [0.2, 0.25) is 5.91 Å². The lowest BCUT2D eigenvalue weighted by Gasteiger charge is -2.33. The normalized spacial score (nSPS) is 25.8. The van der Waals surface area contributed by atoms with Crippen LogP contribution in [0.4, 0.5) is 0 Å². The van der Waals surface area contributed by atoms with Crippen molar-refractivity contribution in [2.75, 3.05) is 26.2 Å². The molecule has 0 spiro atoms. The highest BCUT2D eigenvalue weighted by molar-refractivity contribution is 5.77. The Labute approximate surface area is 226 Å². The van der Waals surface area contributed by atoms with Crippen molar-refractivity contribution in [1.29, 1.82) is 0 Å². The second-order valence-corrected chi connectivity index (χ2v) is 11.5. The predicted molar refractivity (Wildman–Crippen MR) is 150 cm³/mol. The third-order valence-electron chi connectivity index (χ3n) is 8.71. The maximum Gasteiger partial charge on any atom is 0.222 e. The second-order valence-electron chi connectivity index (χ2n) is 11.5. The number of hydrogen-bond acceptors (Lipinski definition) is 6. The fraction of sp³-hybridized carbons (Fsp3) is 0.600. The molecule has 5 N–H and O–H groups in total. The first kappa shape index (κ1) is 26.9. The van der Waals surface area contributed by atoms with Crippen LogP contribution in [0.5, 0.6) is 5.75 Å². The van der Waals surface area contributed by atoms with E-state index in [1.54, 1.807) is 0 Å². The Balaban J connectivity index is 1.14. The summed E-state index contributed by atoms with van der Waals surface area (Å²) >= 11 is 0. The van der Waals surface area contributed by atoms with Crippen LogP contribution in [0.3, 0.4) is 0 Å². The van der Waals surface area contributed by atoms with Crippen LogP contribution in [0, 0.1) is 11.8 Å². The number of carbonyl (C=O) groups excluding carboxylic acids is 1. The number of amides is 1. The Morgan fingerprint density at radius 2 is 2.13 bits per heavy atom. The summed E-state index contributed by atoms with van der Waals surface area (Å²) in [5.74, 6) is 2.61. The number of hydrogen-bond donors (Lipinski definition) is 5. The van der Waals surface area contributed by atoms with Crippen molar-refractivity contribution in [3.8, 4) is 5.75 Å². The Kier molecular flexibility index (Phi) is 8.51. The zero-order chi connectivity index (χ0) is 26.6. The molecule has 38 heavy (non-hydrogen) atoms. The predicted octanol–water partition coefficient (Wildman–Crippen LogP) is 4.03.